The summed E-state index contributed by atoms with van der Waals surface area (Å²) >= 11 is 0. The fraction of sp³-hybridized carbons (Fsp3) is 0.579. The van der Waals surface area contributed by atoms with E-state index in [1.54, 1.807) is 0 Å². The van der Waals surface area contributed by atoms with Gasteiger partial charge in [-0.05, 0) is 38.3 Å². The van der Waals surface area contributed by atoms with Crippen LogP contribution in [0.3, 0.4) is 0 Å². The molecule has 6 nitrogen and oxygen atoms in total. The normalized spacial score (nSPS) is 14.1. The molecule has 2 rings (SSSR count). The number of guanidine groups is 1. The standard InChI is InChI=1S/C19H31N5O.HI/c1-2-20-19(23-14-8-16-24-15-6-11-18(24)25)22-13-7-12-21-17-9-4-3-5-10-17;/h3-5,9-10,21H,2,6-8,11-16H2,1H3,(H2,20,22,23);1H. The third-order valence-corrected chi connectivity index (χ3v) is 4.12. The van der Waals surface area contributed by atoms with E-state index in [1.165, 1.54) is 0 Å². The Balaban J connectivity index is 0.00000338. The Bertz CT molecular complexity index is 538. The number of likely N-dealkylation sites (tertiary alicyclic amines) is 1. The van der Waals surface area contributed by atoms with Crippen molar-refractivity contribution in [2.45, 2.75) is 32.6 Å². The summed E-state index contributed by atoms with van der Waals surface area (Å²) in [7, 11) is 0. The van der Waals surface area contributed by atoms with Gasteiger partial charge in [-0.1, -0.05) is 18.2 Å². The van der Waals surface area contributed by atoms with Crippen LogP contribution in [0.5, 0.6) is 0 Å². The molecule has 26 heavy (non-hydrogen) atoms. The topological polar surface area (TPSA) is 68.8 Å². The molecule has 1 heterocycles. The number of hydrogen-bond donors (Lipinski definition) is 3. The maximum atomic E-state index is 11.6. The molecule has 1 aromatic rings. The van der Waals surface area contributed by atoms with E-state index in [4.69, 9.17) is 0 Å². The summed E-state index contributed by atoms with van der Waals surface area (Å²) in [6, 6.07) is 10.2. The Morgan fingerprint density at radius 1 is 1.15 bits per heavy atom. The van der Waals surface area contributed by atoms with Crippen molar-refractivity contribution in [1.29, 1.82) is 0 Å². The first-order chi connectivity index (χ1) is 12.3. The van der Waals surface area contributed by atoms with Crippen molar-refractivity contribution in [3.63, 3.8) is 0 Å². The number of anilines is 1. The Morgan fingerprint density at radius 2 is 1.96 bits per heavy atom. The second kappa shape index (κ2) is 13.7. The zero-order valence-electron chi connectivity index (χ0n) is 15.7. The second-order valence-corrected chi connectivity index (χ2v) is 6.17. The number of rotatable bonds is 10. The first-order valence-electron chi connectivity index (χ1n) is 9.38. The fourth-order valence-corrected chi connectivity index (χ4v) is 2.82. The summed E-state index contributed by atoms with van der Waals surface area (Å²) in [4.78, 5) is 18.1. The average molecular weight is 473 g/mol. The summed E-state index contributed by atoms with van der Waals surface area (Å²) < 4.78 is 0. The minimum atomic E-state index is 0. The van der Waals surface area contributed by atoms with Crippen LogP contribution >= 0.6 is 24.0 Å². The zero-order chi connectivity index (χ0) is 17.7. The third kappa shape index (κ3) is 8.73. The Kier molecular flexibility index (Phi) is 11.8. The second-order valence-electron chi connectivity index (χ2n) is 6.17. The van der Waals surface area contributed by atoms with Crippen molar-refractivity contribution in [3.8, 4) is 0 Å². The predicted octanol–water partition coefficient (Wildman–Crippen LogP) is 2.67. The van der Waals surface area contributed by atoms with E-state index in [1.807, 2.05) is 23.1 Å². The summed E-state index contributed by atoms with van der Waals surface area (Å²) in [5.41, 5.74) is 1.15. The van der Waals surface area contributed by atoms with Crippen LogP contribution in [-0.4, -0.2) is 56.0 Å². The number of carbonyl (C=O) groups excluding carboxylic acids is 1. The first kappa shape index (κ1) is 22.5. The predicted molar refractivity (Wildman–Crippen MR) is 119 cm³/mol. The molecule has 0 spiro atoms. The highest BCUT2D eigenvalue weighted by Gasteiger charge is 2.18. The van der Waals surface area contributed by atoms with Crippen molar-refractivity contribution in [2.75, 3.05) is 44.6 Å². The number of hydrogen-bond acceptors (Lipinski definition) is 3. The van der Waals surface area contributed by atoms with Gasteiger partial charge in [-0.2, -0.15) is 0 Å². The van der Waals surface area contributed by atoms with Crippen LogP contribution in [-0.2, 0) is 4.79 Å². The summed E-state index contributed by atoms with van der Waals surface area (Å²) in [5.74, 6) is 1.15. The van der Waals surface area contributed by atoms with Gasteiger partial charge in [0.2, 0.25) is 5.91 Å². The number of para-hydroxylation sites is 1. The number of amides is 1. The molecule has 1 aliphatic heterocycles. The first-order valence-corrected chi connectivity index (χ1v) is 9.38. The van der Waals surface area contributed by atoms with Gasteiger partial charge >= 0.3 is 0 Å². The Morgan fingerprint density at radius 3 is 2.65 bits per heavy atom. The number of halogens is 1. The van der Waals surface area contributed by atoms with E-state index in [2.05, 4.69) is 40.0 Å². The van der Waals surface area contributed by atoms with Crippen LogP contribution in [0.25, 0.3) is 0 Å². The van der Waals surface area contributed by atoms with Gasteiger partial charge in [0.15, 0.2) is 5.96 Å². The van der Waals surface area contributed by atoms with E-state index in [9.17, 15) is 4.79 Å². The molecule has 0 radical (unpaired) electrons. The van der Waals surface area contributed by atoms with Crippen molar-refractivity contribution in [3.05, 3.63) is 30.3 Å². The van der Waals surface area contributed by atoms with E-state index < -0.39 is 0 Å². The zero-order valence-corrected chi connectivity index (χ0v) is 18.0. The molecule has 3 N–H and O–H groups in total. The summed E-state index contributed by atoms with van der Waals surface area (Å²) in [6.45, 7) is 7.18. The molecule has 0 bridgehead atoms. The van der Waals surface area contributed by atoms with Gasteiger partial charge in [-0.15, -0.1) is 24.0 Å². The van der Waals surface area contributed by atoms with Crippen LogP contribution in [0.15, 0.2) is 35.3 Å². The molecule has 1 amide bonds. The fourth-order valence-electron chi connectivity index (χ4n) is 2.82. The lowest BCUT2D eigenvalue weighted by Crippen LogP contribution is -2.38. The van der Waals surface area contributed by atoms with Gasteiger partial charge in [0.25, 0.3) is 0 Å². The van der Waals surface area contributed by atoms with Gasteiger partial charge in [0.05, 0.1) is 0 Å². The lowest BCUT2D eigenvalue weighted by atomic mass is 10.3. The SMILES string of the molecule is CCNC(=NCCCN1CCCC1=O)NCCCNc1ccccc1.I. The van der Waals surface area contributed by atoms with Gasteiger partial charge in [-0.3, -0.25) is 9.79 Å². The highest BCUT2D eigenvalue weighted by atomic mass is 127. The molecule has 1 saturated heterocycles. The summed E-state index contributed by atoms with van der Waals surface area (Å²) in [5, 5.41) is 10.0. The molecule has 1 fully saturated rings. The van der Waals surface area contributed by atoms with Gasteiger partial charge in [0.1, 0.15) is 0 Å². The maximum absolute atomic E-state index is 11.6. The largest absolute Gasteiger partial charge is 0.385 e. The molecular formula is C19H32IN5O. The van der Waals surface area contributed by atoms with E-state index in [0.717, 1.165) is 70.2 Å². The van der Waals surface area contributed by atoms with Gasteiger partial charge in [0, 0.05) is 51.4 Å². The van der Waals surface area contributed by atoms with E-state index >= 15 is 0 Å². The monoisotopic (exact) mass is 473 g/mol. The van der Waals surface area contributed by atoms with Crippen molar-refractivity contribution in [1.82, 2.24) is 15.5 Å². The lowest BCUT2D eigenvalue weighted by molar-refractivity contribution is -0.127. The number of carbonyl (C=O) groups is 1. The van der Waals surface area contributed by atoms with Crippen molar-refractivity contribution >= 4 is 41.5 Å². The number of nitrogens with one attached hydrogen (secondary N) is 3. The quantitative estimate of drug-likeness (QED) is 0.212. The molecule has 0 unspecified atom stereocenters. The molecule has 0 saturated carbocycles. The maximum Gasteiger partial charge on any atom is 0.222 e. The average Bonchev–Trinajstić information content (AvgIpc) is 3.04. The minimum Gasteiger partial charge on any atom is -0.385 e. The molecule has 146 valence electrons. The van der Waals surface area contributed by atoms with Crippen LogP contribution in [0.4, 0.5) is 5.69 Å². The van der Waals surface area contributed by atoms with Crippen LogP contribution in [0.1, 0.15) is 32.6 Å². The number of nitrogens with zero attached hydrogens (tertiary/aromatic N) is 2. The molecule has 1 aliphatic rings. The molecular weight excluding hydrogens is 441 g/mol. The summed E-state index contributed by atoms with van der Waals surface area (Å²) in [6.07, 6.45) is 3.65. The molecule has 0 atom stereocenters. The Hall–Kier alpha value is -1.51. The van der Waals surface area contributed by atoms with Crippen LogP contribution in [0.2, 0.25) is 0 Å². The number of benzene rings is 1. The van der Waals surface area contributed by atoms with Crippen molar-refractivity contribution < 1.29 is 4.79 Å². The van der Waals surface area contributed by atoms with Gasteiger partial charge in [-0.25, -0.2) is 0 Å². The van der Waals surface area contributed by atoms with E-state index in [0.29, 0.717) is 12.3 Å². The smallest absolute Gasteiger partial charge is 0.222 e. The van der Waals surface area contributed by atoms with Crippen molar-refractivity contribution in [2.24, 2.45) is 4.99 Å². The van der Waals surface area contributed by atoms with Crippen LogP contribution < -0.4 is 16.0 Å². The molecule has 0 aromatic heterocycles. The highest BCUT2D eigenvalue weighted by molar-refractivity contribution is 14.0. The molecule has 1 aromatic carbocycles. The van der Waals surface area contributed by atoms with Crippen LogP contribution in [0, 0.1) is 0 Å². The highest BCUT2D eigenvalue weighted by Crippen LogP contribution is 2.09. The third-order valence-electron chi connectivity index (χ3n) is 4.12. The Labute approximate surface area is 174 Å². The van der Waals surface area contributed by atoms with E-state index in [-0.39, 0.29) is 24.0 Å². The number of aliphatic imine (C=N–C) groups is 1. The molecule has 7 heteroatoms. The minimum absolute atomic E-state index is 0. The lowest BCUT2D eigenvalue weighted by Gasteiger charge is -2.15. The van der Waals surface area contributed by atoms with Gasteiger partial charge < -0.3 is 20.9 Å². The molecule has 0 aliphatic carbocycles.